The molecule has 1 aromatic heterocycles. The zero-order valence-corrected chi connectivity index (χ0v) is 13.2. The van der Waals surface area contributed by atoms with Crippen LogP contribution in [-0.2, 0) is 6.42 Å². The van der Waals surface area contributed by atoms with Crippen LogP contribution in [-0.4, -0.2) is 30.6 Å². The summed E-state index contributed by atoms with van der Waals surface area (Å²) in [5.74, 6) is 0.547. The molecule has 5 nitrogen and oxygen atoms in total. The maximum atomic E-state index is 12.6. The van der Waals surface area contributed by atoms with Crippen molar-refractivity contribution >= 4 is 22.4 Å². The summed E-state index contributed by atoms with van der Waals surface area (Å²) in [6.45, 7) is 0.801. The summed E-state index contributed by atoms with van der Waals surface area (Å²) < 4.78 is 18.0. The quantitative estimate of drug-likeness (QED) is 0.913. The van der Waals surface area contributed by atoms with E-state index < -0.39 is 0 Å². The van der Waals surface area contributed by atoms with E-state index in [9.17, 15) is 9.18 Å². The van der Waals surface area contributed by atoms with Crippen molar-refractivity contribution in [2.24, 2.45) is 5.73 Å². The zero-order valence-electron chi connectivity index (χ0n) is 12.4. The van der Waals surface area contributed by atoms with Crippen molar-refractivity contribution in [3.8, 4) is 5.75 Å². The minimum Gasteiger partial charge on any atom is -0.489 e. The molecule has 3 rings (SSSR count). The lowest BCUT2D eigenvalue weighted by Crippen LogP contribution is -2.37. The average Bonchev–Trinajstić information content (AvgIpc) is 3.10. The molecule has 1 aliphatic rings. The van der Waals surface area contributed by atoms with Crippen LogP contribution in [0.4, 0.5) is 9.52 Å². The molecule has 23 heavy (non-hydrogen) atoms. The fourth-order valence-electron chi connectivity index (χ4n) is 2.40. The highest BCUT2D eigenvalue weighted by atomic mass is 32.1. The van der Waals surface area contributed by atoms with Crippen molar-refractivity contribution in [1.29, 1.82) is 0 Å². The summed E-state index contributed by atoms with van der Waals surface area (Å²) in [6.07, 6.45) is 2.88. The number of fused-ring (bicyclic) bond motifs is 1. The van der Waals surface area contributed by atoms with E-state index in [1.165, 1.54) is 11.3 Å². The van der Waals surface area contributed by atoms with Gasteiger partial charge in [0.05, 0.1) is 6.33 Å². The normalized spacial score (nSPS) is 14.8. The number of ether oxygens (including phenoxy) is 1. The van der Waals surface area contributed by atoms with Gasteiger partial charge >= 0.3 is 0 Å². The zero-order chi connectivity index (χ0) is 16.2. The predicted molar refractivity (Wildman–Crippen MR) is 87.7 cm³/mol. The molecule has 1 aromatic carbocycles. The molecule has 2 N–H and O–H groups in total. The molecule has 0 unspecified atom stereocenters. The Morgan fingerprint density at radius 2 is 2.39 bits per heavy atom. The SMILES string of the molecule is NC/C(=C/F)COc1ccc2c(c1)CCN(c1nccs1)C2=O. The van der Waals surface area contributed by atoms with Crippen molar-refractivity contribution in [2.45, 2.75) is 6.42 Å². The minimum absolute atomic E-state index is 0.0564. The summed E-state index contributed by atoms with van der Waals surface area (Å²) in [7, 11) is 0. The number of rotatable bonds is 5. The monoisotopic (exact) mass is 333 g/mol. The summed E-state index contributed by atoms with van der Waals surface area (Å²) in [6, 6.07) is 5.29. The van der Waals surface area contributed by atoms with Gasteiger partial charge in [0.25, 0.3) is 5.91 Å². The van der Waals surface area contributed by atoms with Crippen molar-refractivity contribution in [3.63, 3.8) is 0 Å². The molecule has 1 aliphatic heterocycles. The van der Waals surface area contributed by atoms with Crippen LogP contribution >= 0.6 is 11.3 Å². The maximum absolute atomic E-state index is 12.6. The molecule has 0 aliphatic carbocycles. The van der Waals surface area contributed by atoms with E-state index in [0.29, 0.717) is 34.9 Å². The van der Waals surface area contributed by atoms with Gasteiger partial charge < -0.3 is 10.5 Å². The lowest BCUT2D eigenvalue weighted by atomic mass is 9.99. The fourth-order valence-corrected chi connectivity index (χ4v) is 3.06. The third kappa shape index (κ3) is 3.25. The van der Waals surface area contributed by atoms with Gasteiger partial charge in [-0.05, 0) is 30.2 Å². The Bertz CT molecular complexity index is 731. The number of benzene rings is 1. The first-order valence-corrected chi connectivity index (χ1v) is 8.06. The van der Waals surface area contributed by atoms with Crippen LogP contribution in [0.3, 0.4) is 0 Å². The lowest BCUT2D eigenvalue weighted by molar-refractivity contribution is 0.0980. The second-order valence-electron chi connectivity index (χ2n) is 5.10. The molecule has 2 heterocycles. The number of hydrogen-bond acceptors (Lipinski definition) is 5. The molecule has 0 spiro atoms. The number of hydrogen-bond donors (Lipinski definition) is 1. The van der Waals surface area contributed by atoms with Crippen LogP contribution < -0.4 is 15.4 Å². The Labute approximate surface area is 137 Å². The third-order valence-corrected chi connectivity index (χ3v) is 4.44. The van der Waals surface area contributed by atoms with E-state index in [2.05, 4.69) is 4.98 Å². The Morgan fingerprint density at radius 3 is 3.09 bits per heavy atom. The van der Waals surface area contributed by atoms with Crippen LogP contribution in [0.15, 0.2) is 41.7 Å². The Morgan fingerprint density at radius 1 is 1.52 bits per heavy atom. The number of carbonyl (C=O) groups is 1. The summed E-state index contributed by atoms with van der Waals surface area (Å²) >= 11 is 1.44. The first-order valence-electron chi connectivity index (χ1n) is 7.18. The molecule has 0 saturated heterocycles. The van der Waals surface area contributed by atoms with Gasteiger partial charge in [-0.3, -0.25) is 9.69 Å². The van der Waals surface area contributed by atoms with Gasteiger partial charge in [-0.15, -0.1) is 11.3 Å². The number of nitrogens with zero attached hydrogens (tertiary/aromatic N) is 2. The molecular formula is C16H16FN3O2S. The Hall–Kier alpha value is -2.25. The van der Waals surface area contributed by atoms with Gasteiger partial charge in [-0.2, -0.15) is 0 Å². The summed E-state index contributed by atoms with van der Waals surface area (Å²) in [5.41, 5.74) is 7.36. The number of thiazole rings is 1. The average molecular weight is 333 g/mol. The van der Waals surface area contributed by atoms with Crippen molar-refractivity contribution in [2.75, 3.05) is 24.6 Å². The van der Waals surface area contributed by atoms with Crippen molar-refractivity contribution in [1.82, 2.24) is 4.98 Å². The first kappa shape index (κ1) is 15.6. The fraction of sp³-hybridized carbons (Fsp3) is 0.250. The van der Waals surface area contributed by atoms with Crippen molar-refractivity contribution in [3.05, 3.63) is 52.8 Å². The number of halogens is 1. The van der Waals surface area contributed by atoms with Gasteiger partial charge in [0.2, 0.25) is 0 Å². The molecule has 0 fully saturated rings. The van der Waals surface area contributed by atoms with Gasteiger partial charge in [0.15, 0.2) is 5.13 Å². The van der Waals surface area contributed by atoms with Crippen LogP contribution in [0.25, 0.3) is 0 Å². The largest absolute Gasteiger partial charge is 0.489 e. The molecule has 120 valence electrons. The van der Waals surface area contributed by atoms with Gasteiger partial charge in [0, 0.05) is 35.8 Å². The standard InChI is InChI=1S/C16H16FN3O2S/c17-8-11(9-18)10-22-13-1-2-14-12(7-13)3-5-20(15(14)21)16-19-4-6-23-16/h1-2,4,6-8H,3,5,9-10,18H2/b11-8-. The number of carbonyl (C=O) groups excluding carboxylic acids is 1. The molecule has 0 atom stereocenters. The highest BCUT2D eigenvalue weighted by molar-refractivity contribution is 7.13. The van der Waals surface area contributed by atoms with E-state index in [-0.39, 0.29) is 19.1 Å². The topological polar surface area (TPSA) is 68.5 Å². The number of nitrogens with two attached hydrogens (primary N) is 1. The number of amides is 1. The van der Waals surface area contributed by atoms with Crippen molar-refractivity contribution < 1.29 is 13.9 Å². The smallest absolute Gasteiger partial charge is 0.260 e. The van der Waals surface area contributed by atoms with E-state index in [1.807, 2.05) is 11.4 Å². The molecule has 0 bridgehead atoms. The Balaban J connectivity index is 1.76. The third-order valence-electron chi connectivity index (χ3n) is 3.65. The molecule has 1 amide bonds. The first-order chi connectivity index (χ1) is 11.2. The van der Waals surface area contributed by atoms with Crippen LogP contribution in [0, 0.1) is 0 Å². The summed E-state index contributed by atoms with van der Waals surface area (Å²) in [5, 5.41) is 2.56. The molecule has 0 radical (unpaired) electrons. The second-order valence-corrected chi connectivity index (χ2v) is 5.97. The van der Waals surface area contributed by atoms with Gasteiger partial charge in [-0.1, -0.05) is 0 Å². The second kappa shape index (κ2) is 6.89. The maximum Gasteiger partial charge on any atom is 0.260 e. The highest BCUT2D eigenvalue weighted by Crippen LogP contribution is 2.28. The van der Waals surface area contributed by atoms with E-state index in [0.717, 1.165) is 12.0 Å². The van der Waals surface area contributed by atoms with E-state index in [1.54, 1.807) is 23.2 Å². The van der Waals surface area contributed by atoms with E-state index >= 15 is 0 Å². The van der Waals surface area contributed by atoms with E-state index in [4.69, 9.17) is 10.5 Å². The number of aromatic nitrogens is 1. The molecule has 7 heteroatoms. The minimum atomic E-state index is -0.0564. The van der Waals surface area contributed by atoms with Crippen LogP contribution in [0.1, 0.15) is 15.9 Å². The molecular weight excluding hydrogens is 317 g/mol. The lowest BCUT2D eigenvalue weighted by Gasteiger charge is -2.26. The highest BCUT2D eigenvalue weighted by Gasteiger charge is 2.27. The van der Waals surface area contributed by atoms with Gasteiger partial charge in [0.1, 0.15) is 12.4 Å². The van der Waals surface area contributed by atoms with Crippen LogP contribution in [0.2, 0.25) is 0 Å². The predicted octanol–water partition coefficient (Wildman–Crippen LogP) is 2.54. The Kier molecular flexibility index (Phi) is 4.68. The molecule has 0 saturated carbocycles. The summed E-state index contributed by atoms with van der Waals surface area (Å²) in [4.78, 5) is 18.4. The van der Waals surface area contributed by atoms with Gasteiger partial charge in [-0.25, -0.2) is 9.37 Å². The molecule has 2 aromatic rings. The van der Waals surface area contributed by atoms with Crippen LogP contribution in [0.5, 0.6) is 5.75 Å². The number of anilines is 1.